The number of nitrogens with two attached hydrogens (primary N) is 1. The van der Waals surface area contributed by atoms with Crippen molar-refractivity contribution in [1.82, 2.24) is 0 Å². The Morgan fingerprint density at radius 2 is 2.11 bits per heavy atom. The van der Waals surface area contributed by atoms with Crippen molar-refractivity contribution in [2.45, 2.75) is 32.0 Å². The van der Waals surface area contributed by atoms with Crippen LogP contribution in [0.2, 0.25) is 0 Å². The number of carbonyl (C=O) groups is 1. The highest BCUT2D eigenvalue weighted by Crippen LogP contribution is 2.30. The average molecular weight is 260 g/mol. The molecular weight excluding hydrogens is 245 g/mol. The van der Waals surface area contributed by atoms with Gasteiger partial charge in [0.05, 0.1) is 5.56 Å². The summed E-state index contributed by atoms with van der Waals surface area (Å²) < 4.78 is 37.5. The molecule has 0 heterocycles. The van der Waals surface area contributed by atoms with E-state index in [9.17, 15) is 18.0 Å². The second-order valence-electron chi connectivity index (χ2n) is 4.00. The van der Waals surface area contributed by atoms with E-state index in [1.54, 1.807) is 0 Å². The number of nitrogens with one attached hydrogen (secondary N) is 1. The van der Waals surface area contributed by atoms with E-state index in [-0.39, 0.29) is 12.5 Å². The highest BCUT2D eigenvalue weighted by Gasteiger charge is 2.30. The van der Waals surface area contributed by atoms with Crippen molar-refractivity contribution in [1.29, 1.82) is 0 Å². The van der Waals surface area contributed by atoms with Crippen LogP contribution in [0, 0.1) is 0 Å². The lowest BCUT2D eigenvalue weighted by Crippen LogP contribution is -2.26. The summed E-state index contributed by atoms with van der Waals surface area (Å²) in [5.74, 6) is -0.485. The number of benzene rings is 1. The van der Waals surface area contributed by atoms with Crippen LogP contribution >= 0.6 is 0 Å². The lowest BCUT2D eigenvalue weighted by molar-refractivity contribution is -0.137. The zero-order valence-electron chi connectivity index (χ0n) is 9.92. The van der Waals surface area contributed by atoms with Crippen LogP contribution in [0.4, 0.5) is 18.9 Å². The minimum absolute atomic E-state index is 0.0900. The van der Waals surface area contributed by atoms with Crippen molar-refractivity contribution >= 4 is 11.6 Å². The maximum absolute atomic E-state index is 12.5. The molecule has 1 amide bonds. The number of amides is 1. The smallest absolute Gasteiger partial charge is 0.382 e. The molecule has 0 aliphatic rings. The first-order valence-corrected chi connectivity index (χ1v) is 5.55. The number of hydrogen-bond donors (Lipinski definition) is 2. The van der Waals surface area contributed by atoms with Crippen LogP contribution in [-0.4, -0.2) is 11.9 Å². The van der Waals surface area contributed by atoms with Crippen LogP contribution in [0.1, 0.15) is 25.3 Å². The van der Waals surface area contributed by atoms with Crippen LogP contribution in [-0.2, 0) is 11.0 Å². The molecule has 1 aromatic carbocycles. The molecule has 0 spiro atoms. The van der Waals surface area contributed by atoms with E-state index in [2.05, 4.69) is 5.32 Å². The van der Waals surface area contributed by atoms with E-state index in [0.717, 1.165) is 12.1 Å². The predicted molar refractivity (Wildman–Crippen MR) is 63.0 cm³/mol. The van der Waals surface area contributed by atoms with Crippen molar-refractivity contribution in [2.75, 3.05) is 5.32 Å². The van der Waals surface area contributed by atoms with Gasteiger partial charge in [-0.3, -0.25) is 4.79 Å². The molecule has 1 aromatic rings. The molecule has 0 aliphatic heterocycles. The molecule has 0 aliphatic carbocycles. The molecule has 3 N–H and O–H groups in total. The van der Waals surface area contributed by atoms with E-state index < -0.39 is 17.6 Å². The van der Waals surface area contributed by atoms with Gasteiger partial charge in [0, 0.05) is 18.2 Å². The van der Waals surface area contributed by atoms with Gasteiger partial charge in [0.1, 0.15) is 0 Å². The first-order valence-electron chi connectivity index (χ1n) is 5.55. The summed E-state index contributed by atoms with van der Waals surface area (Å²) in [7, 11) is 0. The van der Waals surface area contributed by atoms with Gasteiger partial charge in [-0.1, -0.05) is 13.0 Å². The largest absolute Gasteiger partial charge is 0.416 e. The van der Waals surface area contributed by atoms with Gasteiger partial charge in [-0.05, 0) is 24.6 Å². The van der Waals surface area contributed by atoms with Crippen molar-refractivity contribution < 1.29 is 18.0 Å². The predicted octanol–water partition coefficient (Wildman–Crippen LogP) is 2.77. The van der Waals surface area contributed by atoms with Crippen LogP contribution in [0.15, 0.2) is 24.3 Å². The SMILES string of the molecule is CC[C@@H](CC(N)=O)Nc1cccc(C(F)(F)F)c1. The molecule has 0 radical (unpaired) electrons. The molecule has 1 atom stereocenters. The Hall–Kier alpha value is -1.72. The lowest BCUT2D eigenvalue weighted by atomic mass is 10.1. The minimum atomic E-state index is -4.37. The van der Waals surface area contributed by atoms with Crippen molar-refractivity contribution in [2.24, 2.45) is 5.73 Å². The van der Waals surface area contributed by atoms with Gasteiger partial charge in [-0.25, -0.2) is 0 Å². The first-order chi connectivity index (χ1) is 8.32. The normalized spacial score (nSPS) is 13.1. The molecular formula is C12H15F3N2O. The molecule has 0 aromatic heterocycles. The third-order valence-corrected chi connectivity index (χ3v) is 2.50. The quantitative estimate of drug-likeness (QED) is 0.855. The third kappa shape index (κ3) is 4.27. The summed E-state index contributed by atoms with van der Waals surface area (Å²) in [5.41, 5.74) is 4.67. The van der Waals surface area contributed by atoms with Gasteiger partial charge in [0.15, 0.2) is 0 Å². The van der Waals surface area contributed by atoms with E-state index in [0.29, 0.717) is 12.1 Å². The summed E-state index contributed by atoms with van der Waals surface area (Å²) in [5, 5.41) is 2.87. The molecule has 18 heavy (non-hydrogen) atoms. The van der Waals surface area contributed by atoms with Crippen molar-refractivity contribution in [3.8, 4) is 0 Å². The second kappa shape index (κ2) is 5.75. The summed E-state index contributed by atoms with van der Waals surface area (Å²) in [6.07, 6.45) is -3.69. The highest BCUT2D eigenvalue weighted by molar-refractivity contribution is 5.75. The van der Waals surface area contributed by atoms with Crippen molar-refractivity contribution in [3.63, 3.8) is 0 Å². The molecule has 0 bridgehead atoms. The van der Waals surface area contributed by atoms with Gasteiger partial charge < -0.3 is 11.1 Å². The number of carbonyl (C=O) groups excluding carboxylic acids is 1. The van der Waals surface area contributed by atoms with E-state index >= 15 is 0 Å². The minimum Gasteiger partial charge on any atom is -0.382 e. The monoisotopic (exact) mass is 260 g/mol. The van der Waals surface area contributed by atoms with Crippen molar-refractivity contribution in [3.05, 3.63) is 29.8 Å². The number of primary amides is 1. The van der Waals surface area contributed by atoms with E-state index in [1.165, 1.54) is 12.1 Å². The van der Waals surface area contributed by atoms with Gasteiger partial charge in [-0.2, -0.15) is 13.2 Å². The summed E-state index contributed by atoms with van der Waals surface area (Å²) in [6.45, 7) is 1.83. The molecule has 0 fully saturated rings. The van der Waals surface area contributed by atoms with Gasteiger partial charge in [-0.15, -0.1) is 0 Å². The zero-order valence-corrected chi connectivity index (χ0v) is 9.92. The number of hydrogen-bond acceptors (Lipinski definition) is 2. The fourth-order valence-electron chi connectivity index (χ4n) is 1.56. The highest BCUT2D eigenvalue weighted by atomic mass is 19.4. The fourth-order valence-corrected chi connectivity index (χ4v) is 1.56. The Morgan fingerprint density at radius 1 is 1.44 bits per heavy atom. The molecule has 0 saturated carbocycles. The zero-order chi connectivity index (χ0) is 13.8. The number of rotatable bonds is 5. The van der Waals surface area contributed by atoms with Crippen LogP contribution in [0.3, 0.4) is 0 Å². The maximum atomic E-state index is 12.5. The average Bonchev–Trinajstić information content (AvgIpc) is 2.26. The van der Waals surface area contributed by atoms with Crippen LogP contribution in [0.25, 0.3) is 0 Å². The van der Waals surface area contributed by atoms with Crippen LogP contribution in [0.5, 0.6) is 0 Å². The van der Waals surface area contributed by atoms with E-state index in [1.807, 2.05) is 6.92 Å². The number of alkyl halides is 3. The first kappa shape index (κ1) is 14.3. The van der Waals surface area contributed by atoms with E-state index in [4.69, 9.17) is 5.73 Å². The topological polar surface area (TPSA) is 55.1 Å². The maximum Gasteiger partial charge on any atom is 0.416 e. The molecule has 0 saturated heterocycles. The fraction of sp³-hybridized carbons (Fsp3) is 0.417. The molecule has 0 unspecified atom stereocenters. The molecule has 3 nitrogen and oxygen atoms in total. The van der Waals surface area contributed by atoms with Crippen LogP contribution < -0.4 is 11.1 Å². The Labute approximate surface area is 103 Å². The molecule has 6 heteroatoms. The Balaban J connectivity index is 2.81. The van der Waals surface area contributed by atoms with Gasteiger partial charge >= 0.3 is 6.18 Å². The number of anilines is 1. The summed E-state index contributed by atoms with van der Waals surface area (Å²) in [4.78, 5) is 10.8. The van der Waals surface area contributed by atoms with Gasteiger partial charge in [0.25, 0.3) is 0 Å². The lowest BCUT2D eigenvalue weighted by Gasteiger charge is -2.17. The Kier molecular flexibility index (Phi) is 4.58. The Bertz CT molecular complexity index is 418. The second-order valence-corrected chi connectivity index (χ2v) is 4.00. The number of halogens is 3. The summed E-state index contributed by atoms with van der Waals surface area (Å²) >= 11 is 0. The molecule has 1 rings (SSSR count). The standard InChI is InChI=1S/C12H15F3N2O/c1-2-9(7-11(16)18)17-10-5-3-4-8(6-10)12(13,14)15/h3-6,9,17H,2,7H2,1H3,(H2,16,18)/t9-/m0/s1. The molecule has 100 valence electrons. The summed E-state index contributed by atoms with van der Waals surface area (Å²) in [6, 6.07) is 4.61. The Morgan fingerprint density at radius 3 is 2.61 bits per heavy atom. The van der Waals surface area contributed by atoms with Gasteiger partial charge in [0.2, 0.25) is 5.91 Å². The third-order valence-electron chi connectivity index (χ3n) is 2.50.